The van der Waals surface area contributed by atoms with E-state index in [4.69, 9.17) is 9.84 Å². The molecule has 1 N–H and O–H groups in total. The van der Waals surface area contributed by atoms with Gasteiger partial charge in [-0.3, -0.25) is 9.59 Å². The van der Waals surface area contributed by atoms with Crippen LogP contribution in [0, 0.1) is 0 Å². The van der Waals surface area contributed by atoms with Gasteiger partial charge in [-0.1, -0.05) is 81.2 Å². The predicted octanol–water partition coefficient (Wildman–Crippen LogP) is 7.01. The number of carboxylic acid groups (broad SMARTS) is 1. The van der Waals surface area contributed by atoms with Crippen LogP contribution in [0.5, 0.6) is 0 Å². The SMILES string of the molecule is CC/C=C/C/C=C/C/C=C/C/C=C/CCCCCCCCC(=O)OC(CC(=O)O)C[N+](C)(C)C. The predicted molar refractivity (Wildman–Crippen MR) is 143 cm³/mol. The molecule has 34 heavy (non-hydrogen) atoms. The van der Waals surface area contributed by atoms with Crippen molar-refractivity contribution in [3.63, 3.8) is 0 Å². The van der Waals surface area contributed by atoms with Crippen LogP contribution >= 0.6 is 0 Å². The molecule has 1 unspecified atom stereocenters. The molecule has 0 aromatic rings. The fourth-order valence-electron chi connectivity index (χ4n) is 3.53. The Kier molecular flexibility index (Phi) is 20.1. The van der Waals surface area contributed by atoms with E-state index < -0.39 is 12.1 Å². The lowest BCUT2D eigenvalue weighted by molar-refractivity contribution is -0.873. The zero-order valence-corrected chi connectivity index (χ0v) is 22.2. The third-order valence-corrected chi connectivity index (χ3v) is 5.17. The molecule has 0 saturated carbocycles. The van der Waals surface area contributed by atoms with E-state index in [1.54, 1.807) is 0 Å². The van der Waals surface area contributed by atoms with Crippen LogP contribution in [0.4, 0.5) is 0 Å². The number of carboxylic acids is 1. The average Bonchev–Trinajstić information content (AvgIpc) is 2.73. The van der Waals surface area contributed by atoms with Crippen molar-refractivity contribution in [1.29, 1.82) is 0 Å². The Morgan fingerprint density at radius 2 is 1.26 bits per heavy atom. The zero-order chi connectivity index (χ0) is 25.5. The van der Waals surface area contributed by atoms with E-state index in [9.17, 15) is 9.59 Å². The van der Waals surface area contributed by atoms with Gasteiger partial charge < -0.3 is 14.3 Å². The number of quaternary nitrogens is 1. The molecule has 0 aliphatic rings. The van der Waals surface area contributed by atoms with Crippen LogP contribution in [0.25, 0.3) is 0 Å². The van der Waals surface area contributed by atoms with E-state index in [-0.39, 0.29) is 12.4 Å². The summed E-state index contributed by atoms with van der Waals surface area (Å²) in [7, 11) is 5.89. The number of hydrogen-bond donors (Lipinski definition) is 1. The van der Waals surface area contributed by atoms with Crippen molar-refractivity contribution in [2.75, 3.05) is 27.7 Å². The number of ether oxygens (including phenoxy) is 1. The molecule has 0 aliphatic carbocycles. The maximum absolute atomic E-state index is 12.1. The lowest BCUT2D eigenvalue weighted by Crippen LogP contribution is -2.43. The Labute approximate surface area is 208 Å². The number of likely N-dealkylation sites (N-methyl/N-ethyl adjacent to an activating group) is 1. The van der Waals surface area contributed by atoms with Gasteiger partial charge in [-0.25, -0.2) is 0 Å². The molecule has 0 amide bonds. The van der Waals surface area contributed by atoms with Crippen LogP contribution in [0.1, 0.15) is 90.4 Å². The normalized spacial score (nSPS) is 13.5. The number of esters is 1. The Morgan fingerprint density at radius 1 is 0.765 bits per heavy atom. The molecule has 5 heteroatoms. The minimum Gasteiger partial charge on any atom is -0.481 e. The highest BCUT2D eigenvalue weighted by molar-refractivity contribution is 5.71. The van der Waals surface area contributed by atoms with Crippen molar-refractivity contribution in [3.05, 3.63) is 48.6 Å². The van der Waals surface area contributed by atoms with E-state index in [1.807, 2.05) is 21.1 Å². The highest BCUT2D eigenvalue weighted by Gasteiger charge is 2.24. The molecule has 0 radical (unpaired) electrons. The Morgan fingerprint density at radius 3 is 1.79 bits per heavy atom. The maximum Gasteiger partial charge on any atom is 0.307 e. The first-order chi connectivity index (χ1) is 16.2. The fraction of sp³-hybridized carbons (Fsp3) is 0.655. The minimum absolute atomic E-state index is 0.138. The van der Waals surface area contributed by atoms with Crippen molar-refractivity contribution in [1.82, 2.24) is 0 Å². The standard InChI is InChI=1S/C29H49NO4/c1-5-6-7-8-9-10-11-12-13-14-15-16-17-18-19-20-21-22-23-24-29(33)34-27(25-28(31)32)26-30(2,3)4/h6-7,9-10,12-13,15-16,27H,5,8,11,14,17-26H2,1-4H3/p+1/b7-6+,10-9+,13-12+,16-15+. The minimum atomic E-state index is -0.934. The van der Waals surface area contributed by atoms with E-state index in [0.717, 1.165) is 51.4 Å². The van der Waals surface area contributed by atoms with Crippen LogP contribution in [-0.4, -0.2) is 55.3 Å². The largest absolute Gasteiger partial charge is 0.481 e. The molecule has 0 fully saturated rings. The van der Waals surface area contributed by atoms with E-state index >= 15 is 0 Å². The number of aliphatic carboxylic acids is 1. The van der Waals surface area contributed by atoms with Crippen molar-refractivity contribution < 1.29 is 23.9 Å². The third kappa shape index (κ3) is 24.5. The number of allylic oxidation sites excluding steroid dienone is 8. The molecule has 194 valence electrons. The Balaban J connectivity index is 3.68. The Hall–Kier alpha value is -2.14. The molecule has 1 atom stereocenters. The molecular weight excluding hydrogens is 426 g/mol. The summed E-state index contributed by atoms with van der Waals surface area (Å²) in [6, 6.07) is 0. The quantitative estimate of drug-likeness (QED) is 0.0838. The molecule has 0 aromatic heterocycles. The molecule has 0 aromatic carbocycles. The second-order valence-corrected chi connectivity index (χ2v) is 9.84. The number of nitrogens with zero attached hydrogens (tertiary/aromatic N) is 1. The highest BCUT2D eigenvalue weighted by Crippen LogP contribution is 2.12. The second-order valence-electron chi connectivity index (χ2n) is 9.84. The van der Waals surface area contributed by atoms with Gasteiger partial charge in [0, 0.05) is 6.42 Å². The number of rotatable bonds is 21. The summed E-state index contributed by atoms with van der Waals surface area (Å²) in [5.41, 5.74) is 0. The number of carbonyl (C=O) groups excluding carboxylic acids is 1. The maximum atomic E-state index is 12.1. The van der Waals surface area contributed by atoms with E-state index in [2.05, 4.69) is 55.5 Å². The molecular formula is C29H50NO4+. The number of hydrogen-bond acceptors (Lipinski definition) is 3. The molecule has 0 bridgehead atoms. The van der Waals surface area contributed by atoms with E-state index in [1.165, 1.54) is 19.3 Å². The van der Waals surface area contributed by atoms with Gasteiger partial charge in [0.05, 0.1) is 27.6 Å². The van der Waals surface area contributed by atoms with Crippen molar-refractivity contribution >= 4 is 11.9 Å². The summed E-state index contributed by atoms with van der Waals surface area (Å²) in [6.45, 7) is 2.65. The molecule has 0 rings (SSSR count). The molecule has 0 aliphatic heterocycles. The molecule has 0 saturated heterocycles. The van der Waals surface area contributed by atoms with Gasteiger partial charge in [-0.05, 0) is 44.9 Å². The third-order valence-electron chi connectivity index (χ3n) is 5.17. The van der Waals surface area contributed by atoms with Gasteiger partial charge in [-0.2, -0.15) is 0 Å². The summed E-state index contributed by atoms with van der Waals surface area (Å²) in [5, 5.41) is 9.03. The van der Waals surface area contributed by atoms with Crippen molar-refractivity contribution in [3.8, 4) is 0 Å². The van der Waals surface area contributed by atoms with Crippen LogP contribution in [-0.2, 0) is 14.3 Å². The Bertz CT molecular complexity index is 641. The lowest BCUT2D eigenvalue weighted by Gasteiger charge is -2.28. The van der Waals surface area contributed by atoms with Gasteiger partial charge >= 0.3 is 11.9 Å². The number of carbonyl (C=O) groups is 2. The summed E-state index contributed by atoms with van der Waals surface area (Å²) in [4.78, 5) is 23.1. The van der Waals surface area contributed by atoms with Gasteiger partial charge in [0.15, 0.2) is 6.10 Å². The monoisotopic (exact) mass is 476 g/mol. The zero-order valence-electron chi connectivity index (χ0n) is 22.2. The number of unbranched alkanes of at least 4 members (excludes halogenated alkanes) is 6. The van der Waals surface area contributed by atoms with Crippen LogP contribution < -0.4 is 0 Å². The van der Waals surface area contributed by atoms with Crippen LogP contribution in [0.2, 0.25) is 0 Å². The van der Waals surface area contributed by atoms with Gasteiger partial charge in [0.1, 0.15) is 6.54 Å². The first-order valence-corrected chi connectivity index (χ1v) is 13.1. The first kappa shape index (κ1) is 31.9. The summed E-state index contributed by atoms with van der Waals surface area (Å²) >= 11 is 0. The highest BCUT2D eigenvalue weighted by atomic mass is 16.5. The van der Waals surface area contributed by atoms with Crippen molar-refractivity contribution in [2.45, 2.75) is 96.5 Å². The summed E-state index contributed by atoms with van der Waals surface area (Å²) in [5.74, 6) is -1.21. The van der Waals surface area contributed by atoms with Crippen molar-refractivity contribution in [2.24, 2.45) is 0 Å². The smallest absolute Gasteiger partial charge is 0.307 e. The van der Waals surface area contributed by atoms with Crippen LogP contribution in [0.3, 0.4) is 0 Å². The lowest BCUT2D eigenvalue weighted by atomic mass is 10.1. The molecule has 0 heterocycles. The fourth-order valence-corrected chi connectivity index (χ4v) is 3.53. The second kappa shape index (κ2) is 21.4. The average molecular weight is 477 g/mol. The summed E-state index contributed by atoms with van der Waals surface area (Å²) in [6.07, 6.45) is 29.3. The molecule has 0 spiro atoms. The topological polar surface area (TPSA) is 63.6 Å². The first-order valence-electron chi connectivity index (χ1n) is 13.1. The van der Waals surface area contributed by atoms with Gasteiger partial charge in [0.25, 0.3) is 0 Å². The van der Waals surface area contributed by atoms with Gasteiger partial charge in [0.2, 0.25) is 0 Å². The van der Waals surface area contributed by atoms with Crippen LogP contribution in [0.15, 0.2) is 48.6 Å². The molecule has 5 nitrogen and oxygen atoms in total. The summed E-state index contributed by atoms with van der Waals surface area (Å²) < 4.78 is 5.98. The van der Waals surface area contributed by atoms with Gasteiger partial charge in [-0.15, -0.1) is 0 Å². The van der Waals surface area contributed by atoms with E-state index in [0.29, 0.717) is 17.4 Å².